The standard InChI is InChI=1S/C11H10BrFO4/c1-3-17-11(15)9(14)6-4-7(12)10(16-2)8(13)5-6/h4-5H,3H2,1-2H3. The van der Waals surface area contributed by atoms with Crippen LogP contribution >= 0.6 is 15.9 Å². The average molecular weight is 305 g/mol. The number of benzene rings is 1. The first-order chi connectivity index (χ1) is 8.01. The molecule has 0 fully saturated rings. The number of Topliss-reactive ketones (excluding diaryl/α,β-unsaturated/α-hetero) is 1. The van der Waals surface area contributed by atoms with E-state index in [1.165, 1.54) is 13.2 Å². The first kappa shape index (κ1) is 13.6. The van der Waals surface area contributed by atoms with E-state index >= 15 is 0 Å². The molecule has 0 radical (unpaired) electrons. The van der Waals surface area contributed by atoms with Gasteiger partial charge in [0, 0.05) is 5.56 Å². The van der Waals surface area contributed by atoms with Crippen LogP contribution in [0.25, 0.3) is 0 Å². The summed E-state index contributed by atoms with van der Waals surface area (Å²) in [6, 6.07) is 2.24. The van der Waals surface area contributed by atoms with E-state index in [-0.39, 0.29) is 22.4 Å². The molecule has 0 heterocycles. The lowest BCUT2D eigenvalue weighted by Crippen LogP contribution is -2.17. The van der Waals surface area contributed by atoms with Crippen molar-refractivity contribution in [1.29, 1.82) is 0 Å². The number of carbonyl (C=O) groups excluding carboxylic acids is 2. The zero-order valence-corrected chi connectivity index (χ0v) is 10.8. The van der Waals surface area contributed by atoms with Crippen molar-refractivity contribution in [2.24, 2.45) is 0 Å². The molecule has 0 bridgehead atoms. The largest absolute Gasteiger partial charge is 0.492 e. The second kappa shape index (κ2) is 5.77. The molecule has 0 aliphatic heterocycles. The normalized spacial score (nSPS) is 9.88. The summed E-state index contributed by atoms with van der Waals surface area (Å²) in [5, 5.41) is 0. The summed E-state index contributed by atoms with van der Waals surface area (Å²) in [4.78, 5) is 22.7. The van der Waals surface area contributed by atoms with Gasteiger partial charge in [-0.15, -0.1) is 0 Å². The van der Waals surface area contributed by atoms with Crippen LogP contribution < -0.4 is 4.74 Å². The number of methoxy groups -OCH3 is 1. The van der Waals surface area contributed by atoms with Crippen LogP contribution in [-0.2, 0) is 9.53 Å². The fraction of sp³-hybridized carbons (Fsp3) is 0.273. The molecule has 0 saturated heterocycles. The van der Waals surface area contributed by atoms with Crippen LogP contribution in [0.2, 0.25) is 0 Å². The number of hydrogen-bond acceptors (Lipinski definition) is 4. The maximum absolute atomic E-state index is 13.5. The number of ketones is 1. The number of rotatable bonds is 4. The third-order valence-corrected chi connectivity index (χ3v) is 2.51. The lowest BCUT2D eigenvalue weighted by Gasteiger charge is -2.07. The van der Waals surface area contributed by atoms with Crippen molar-refractivity contribution in [3.8, 4) is 5.75 Å². The van der Waals surface area contributed by atoms with Gasteiger partial charge in [0.15, 0.2) is 11.6 Å². The third kappa shape index (κ3) is 3.03. The first-order valence-corrected chi connectivity index (χ1v) is 5.55. The van der Waals surface area contributed by atoms with Gasteiger partial charge in [-0.05, 0) is 35.0 Å². The summed E-state index contributed by atoms with van der Waals surface area (Å²) in [5.41, 5.74) is -0.0892. The molecule has 0 N–H and O–H groups in total. The summed E-state index contributed by atoms with van der Waals surface area (Å²) in [6.07, 6.45) is 0. The van der Waals surface area contributed by atoms with Gasteiger partial charge in [0.1, 0.15) is 0 Å². The Morgan fingerprint density at radius 3 is 2.53 bits per heavy atom. The van der Waals surface area contributed by atoms with Gasteiger partial charge < -0.3 is 9.47 Å². The number of halogens is 2. The molecule has 0 atom stereocenters. The second-order valence-corrected chi connectivity index (χ2v) is 3.88. The van der Waals surface area contributed by atoms with Crippen LogP contribution in [0, 0.1) is 5.82 Å². The third-order valence-electron chi connectivity index (χ3n) is 1.93. The Morgan fingerprint density at radius 2 is 2.06 bits per heavy atom. The molecular weight excluding hydrogens is 295 g/mol. The Labute approximate surface area is 106 Å². The minimum Gasteiger partial charge on any atom is -0.492 e. The summed E-state index contributed by atoms with van der Waals surface area (Å²) in [6.45, 7) is 1.67. The summed E-state index contributed by atoms with van der Waals surface area (Å²) < 4.78 is 23.0. The van der Waals surface area contributed by atoms with Gasteiger partial charge in [0.05, 0.1) is 18.2 Å². The quantitative estimate of drug-likeness (QED) is 0.487. The summed E-state index contributed by atoms with van der Waals surface area (Å²) in [7, 11) is 1.30. The summed E-state index contributed by atoms with van der Waals surface area (Å²) >= 11 is 3.05. The highest BCUT2D eigenvalue weighted by Gasteiger charge is 2.20. The Bertz CT molecular complexity index is 436. The molecule has 0 aromatic heterocycles. The fourth-order valence-electron chi connectivity index (χ4n) is 1.20. The van der Waals surface area contributed by atoms with Crippen LogP contribution in [-0.4, -0.2) is 25.5 Å². The van der Waals surface area contributed by atoms with E-state index in [9.17, 15) is 14.0 Å². The van der Waals surface area contributed by atoms with Crippen LogP contribution in [0.5, 0.6) is 5.75 Å². The molecule has 0 unspecified atom stereocenters. The number of ether oxygens (including phenoxy) is 2. The van der Waals surface area contributed by atoms with Crippen LogP contribution in [0.4, 0.5) is 4.39 Å². The van der Waals surface area contributed by atoms with Gasteiger partial charge in [-0.2, -0.15) is 0 Å². The van der Waals surface area contributed by atoms with E-state index in [2.05, 4.69) is 20.7 Å². The van der Waals surface area contributed by atoms with Gasteiger partial charge >= 0.3 is 5.97 Å². The lowest BCUT2D eigenvalue weighted by molar-refractivity contribution is -0.137. The average Bonchev–Trinajstić information content (AvgIpc) is 2.27. The predicted octanol–water partition coefficient (Wildman–Crippen LogP) is 2.34. The van der Waals surface area contributed by atoms with Crippen LogP contribution in [0.1, 0.15) is 17.3 Å². The highest BCUT2D eigenvalue weighted by Crippen LogP contribution is 2.29. The maximum atomic E-state index is 13.5. The first-order valence-electron chi connectivity index (χ1n) is 4.75. The second-order valence-electron chi connectivity index (χ2n) is 3.02. The molecule has 17 heavy (non-hydrogen) atoms. The Morgan fingerprint density at radius 1 is 1.41 bits per heavy atom. The van der Waals surface area contributed by atoms with E-state index < -0.39 is 17.6 Å². The Kier molecular flexibility index (Phi) is 4.62. The van der Waals surface area contributed by atoms with E-state index in [0.717, 1.165) is 6.07 Å². The molecular formula is C11H10BrFO4. The molecule has 1 rings (SSSR count). The number of hydrogen-bond donors (Lipinski definition) is 0. The van der Waals surface area contributed by atoms with Crippen molar-refractivity contribution in [2.45, 2.75) is 6.92 Å². The van der Waals surface area contributed by atoms with Gasteiger partial charge in [0.25, 0.3) is 5.78 Å². The molecule has 92 valence electrons. The minimum atomic E-state index is -1.01. The molecule has 1 aromatic carbocycles. The van der Waals surface area contributed by atoms with E-state index in [1.807, 2.05) is 0 Å². The number of esters is 1. The molecule has 0 amide bonds. The van der Waals surface area contributed by atoms with Gasteiger partial charge in [-0.25, -0.2) is 9.18 Å². The highest BCUT2D eigenvalue weighted by atomic mass is 79.9. The van der Waals surface area contributed by atoms with Gasteiger partial charge in [0.2, 0.25) is 0 Å². The minimum absolute atomic E-state index is 0.0228. The maximum Gasteiger partial charge on any atom is 0.379 e. The Balaban J connectivity index is 3.08. The van der Waals surface area contributed by atoms with Crippen molar-refractivity contribution in [3.05, 3.63) is 28.0 Å². The highest BCUT2D eigenvalue weighted by molar-refractivity contribution is 9.10. The molecule has 6 heteroatoms. The van der Waals surface area contributed by atoms with Crippen molar-refractivity contribution in [3.63, 3.8) is 0 Å². The topological polar surface area (TPSA) is 52.6 Å². The van der Waals surface area contributed by atoms with Crippen LogP contribution in [0.15, 0.2) is 16.6 Å². The molecule has 0 aliphatic rings. The monoisotopic (exact) mass is 304 g/mol. The Hall–Kier alpha value is -1.43. The number of carbonyl (C=O) groups is 2. The fourth-order valence-corrected chi connectivity index (χ4v) is 1.80. The predicted molar refractivity (Wildman–Crippen MR) is 61.6 cm³/mol. The van der Waals surface area contributed by atoms with Crippen molar-refractivity contribution < 1.29 is 23.5 Å². The van der Waals surface area contributed by atoms with Crippen molar-refractivity contribution in [2.75, 3.05) is 13.7 Å². The molecule has 0 aliphatic carbocycles. The SMILES string of the molecule is CCOC(=O)C(=O)c1cc(F)c(OC)c(Br)c1. The van der Waals surface area contributed by atoms with Crippen molar-refractivity contribution >= 4 is 27.7 Å². The molecule has 0 spiro atoms. The van der Waals surface area contributed by atoms with Crippen molar-refractivity contribution in [1.82, 2.24) is 0 Å². The zero-order valence-electron chi connectivity index (χ0n) is 9.25. The molecule has 1 aromatic rings. The van der Waals surface area contributed by atoms with Crippen LogP contribution in [0.3, 0.4) is 0 Å². The summed E-state index contributed by atoms with van der Waals surface area (Å²) in [5.74, 6) is -2.65. The van der Waals surface area contributed by atoms with E-state index in [0.29, 0.717) is 0 Å². The van der Waals surface area contributed by atoms with E-state index in [1.54, 1.807) is 6.92 Å². The lowest BCUT2D eigenvalue weighted by atomic mass is 10.1. The molecule has 4 nitrogen and oxygen atoms in total. The zero-order chi connectivity index (χ0) is 13.0. The van der Waals surface area contributed by atoms with Gasteiger partial charge in [-0.1, -0.05) is 0 Å². The van der Waals surface area contributed by atoms with E-state index in [4.69, 9.17) is 4.74 Å². The smallest absolute Gasteiger partial charge is 0.379 e. The molecule has 0 saturated carbocycles. The van der Waals surface area contributed by atoms with Gasteiger partial charge in [-0.3, -0.25) is 4.79 Å².